The Bertz CT molecular complexity index is 1310. The fraction of sp³-hybridized carbons (Fsp3) is 0.345. The monoisotopic (exact) mass is 484 g/mol. The number of nitrogens with one attached hydrogen (secondary N) is 1. The van der Waals surface area contributed by atoms with Crippen LogP contribution in [0, 0.1) is 11.8 Å². The number of aromatic nitrogens is 2. The van der Waals surface area contributed by atoms with Gasteiger partial charge < -0.3 is 15.0 Å². The summed E-state index contributed by atoms with van der Waals surface area (Å²) in [7, 11) is 0. The number of fused-ring (bicyclic) bond motifs is 4. The molecule has 2 aromatic heterocycles. The Balaban J connectivity index is 1.55. The highest BCUT2D eigenvalue weighted by Crippen LogP contribution is 2.49. The second kappa shape index (κ2) is 10.2. The maximum Gasteiger partial charge on any atom is 0.258 e. The molecule has 0 aliphatic carbocycles. The molecule has 7 nitrogen and oxygen atoms in total. The van der Waals surface area contributed by atoms with E-state index in [1.54, 1.807) is 12.4 Å². The number of carbonyl (C=O) groups excluding carboxylic acids is 1. The number of pyridine rings is 2. The van der Waals surface area contributed by atoms with Gasteiger partial charge in [-0.25, -0.2) is 0 Å². The summed E-state index contributed by atoms with van der Waals surface area (Å²) in [5, 5.41) is 13.7. The van der Waals surface area contributed by atoms with Gasteiger partial charge >= 0.3 is 0 Å². The highest BCUT2D eigenvalue weighted by atomic mass is 16.3. The number of benzene rings is 1. The normalized spacial score (nSPS) is 24.0. The first-order valence-corrected chi connectivity index (χ1v) is 12.5. The summed E-state index contributed by atoms with van der Waals surface area (Å²) in [6, 6.07) is 16.9. The summed E-state index contributed by atoms with van der Waals surface area (Å²) in [4.78, 5) is 33.6. The van der Waals surface area contributed by atoms with E-state index in [2.05, 4.69) is 15.2 Å². The highest BCUT2D eigenvalue weighted by molar-refractivity contribution is 5.81. The Morgan fingerprint density at radius 1 is 1.17 bits per heavy atom. The van der Waals surface area contributed by atoms with Crippen molar-refractivity contribution in [2.75, 3.05) is 6.61 Å². The Labute approximate surface area is 211 Å². The van der Waals surface area contributed by atoms with Gasteiger partial charge in [-0.1, -0.05) is 42.5 Å². The predicted molar refractivity (Wildman–Crippen MR) is 139 cm³/mol. The van der Waals surface area contributed by atoms with Crippen LogP contribution in [-0.4, -0.2) is 38.1 Å². The van der Waals surface area contributed by atoms with E-state index < -0.39 is 5.92 Å². The molecule has 2 aliphatic heterocycles. The van der Waals surface area contributed by atoms with Crippen molar-refractivity contribution in [3.8, 4) is 0 Å². The molecule has 5 atom stereocenters. The Hall–Kier alpha value is -3.55. The number of amides is 1. The fourth-order valence-corrected chi connectivity index (χ4v) is 5.90. The van der Waals surface area contributed by atoms with Gasteiger partial charge in [-0.15, -0.1) is 0 Å². The molecule has 1 fully saturated rings. The number of hydrogen-bond donors (Lipinski definition) is 2. The third-order valence-corrected chi connectivity index (χ3v) is 7.62. The predicted octanol–water partition coefficient (Wildman–Crippen LogP) is 3.32. The van der Waals surface area contributed by atoms with Gasteiger partial charge in [0.15, 0.2) is 0 Å². The quantitative estimate of drug-likeness (QED) is 0.537. The first-order valence-electron chi connectivity index (χ1n) is 12.5. The van der Waals surface area contributed by atoms with Gasteiger partial charge in [-0.05, 0) is 49.2 Å². The lowest BCUT2D eigenvalue weighted by Gasteiger charge is -2.38. The molecule has 3 aromatic rings. The molecule has 36 heavy (non-hydrogen) atoms. The molecule has 1 amide bonds. The van der Waals surface area contributed by atoms with Gasteiger partial charge in [-0.3, -0.25) is 19.5 Å². The summed E-state index contributed by atoms with van der Waals surface area (Å²) in [6.45, 7) is 4.77. The first-order chi connectivity index (χ1) is 17.5. The standard InChI is InChI=1S/C29H32N4O3/c1-3-7-22-10-11-24-27-26(28(35)31-19(2)21-8-5-4-6-9-21)23(18-34)25(17-33(24)29(22)36)32(27)16-20-12-14-30-15-13-20/h3-15,19,23,25-27,34H,16-18H2,1-2H3,(H,31,35)/b7-3-/t19-,23+,25+,26-,27-/m0/s1. The van der Waals surface area contributed by atoms with Gasteiger partial charge in [0.05, 0.1) is 18.0 Å². The number of carbonyl (C=O) groups is 1. The average molecular weight is 485 g/mol. The number of hydrogen-bond acceptors (Lipinski definition) is 5. The molecule has 2 bridgehead atoms. The Kier molecular flexibility index (Phi) is 6.85. The van der Waals surface area contributed by atoms with Crippen LogP contribution in [0.4, 0.5) is 0 Å². The maximum atomic E-state index is 13.8. The summed E-state index contributed by atoms with van der Waals surface area (Å²) in [5.41, 5.74) is 3.49. The lowest BCUT2D eigenvalue weighted by atomic mass is 9.86. The second-order valence-electron chi connectivity index (χ2n) is 9.68. The van der Waals surface area contributed by atoms with Gasteiger partial charge in [-0.2, -0.15) is 0 Å². The van der Waals surface area contributed by atoms with Crippen LogP contribution < -0.4 is 10.9 Å². The van der Waals surface area contributed by atoms with Crippen LogP contribution in [0.3, 0.4) is 0 Å². The van der Waals surface area contributed by atoms with Crippen molar-refractivity contribution in [1.29, 1.82) is 0 Å². The number of allylic oxidation sites excluding steroid dienone is 1. The van der Waals surface area contributed by atoms with E-state index in [1.807, 2.05) is 85.2 Å². The summed E-state index contributed by atoms with van der Waals surface area (Å²) >= 11 is 0. The zero-order valence-electron chi connectivity index (χ0n) is 20.6. The van der Waals surface area contributed by atoms with Crippen LogP contribution in [0.2, 0.25) is 0 Å². The van der Waals surface area contributed by atoms with Crippen molar-refractivity contribution in [2.45, 2.75) is 45.1 Å². The van der Waals surface area contributed by atoms with Crippen molar-refractivity contribution >= 4 is 12.0 Å². The van der Waals surface area contributed by atoms with E-state index in [0.717, 1.165) is 16.8 Å². The van der Waals surface area contributed by atoms with Crippen LogP contribution in [0.1, 0.15) is 48.3 Å². The van der Waals surface area contributed by atoms with Gasteiger partial charge in [0.2, 0.25) is 5.91 Å². The van der Waals surface area contributed by atoms with E-state index in [4.69, 9.17) is 0 Å². The third kappa shape index (κ3) is 4.29. The zero-order chi connectivity index (χ0) is 25.2. The molecule has 186 valence electrons. The molecule has 1 aromatic carbocycles. The first kappa shape index (κ1) is 24.2. The molecular formula is C29H32N4O3. The van der Waals surface area contributed by atoms with Crippen LogP contribution in [0.15, 0.2) is 77.9 Å². The molecule has 0 unspecified atom stereocenters. The largest absolute Gasteiger partial charge is 0.396 e. The number of aliphatic hydroxyl groups excluding tert-OH is 1. The Morgan fingerprint density at radius 2 is 1.92 bits per heavy atom. The molecule has 0 radical (unpaired) electrons. The Morgan fingerprint density at radius 3 is 2.61 bits per heavy atom. The average Bonchev–Trinajstić information content (AvgIpc) is 3.10. The van der Waals surface area contributed by atoms with E-state index >= 15 is 0 Å². The topological polar surface area (TPSA) is 87.5 Å². The van der Waals surface area contributed by atoms with Crippen molar-refractivity contribution in [3.05, 3.63) is 106 Å². The summed E-state index contributed by atoms with van der Waals surface area (Å²) in [5.74, 6) is -0.894. The molecule has 4 heterocycles. The fourth-order valence-electron chi connectivity index (χ4n) is 5.90. The second-order valence-corrected chi connectivity index (χ2v) is 9.68. The molecule has 0 saturated carbocycles. The van der Waals surface area contributed by atoms with Crippen LogP contribution in [0.5, 0.6) is 0 Å². The molecule has 1 saturated heterocycles. The minimum absolute atomic E-state index is 0.0560. The van der Waals surface area contributed by atoms with Gasteiger partial charge in [0, 0.05) is 55.3 Å². The third-order valence-electron chi connectivity index (χ3n) is 7.62. The summed E-state index contributed by atoms with van der Waals surface area (Å²) in [6.07, 6.45) is 7.20. The SMILES string of the molecule is C/C=C\c1ccc2n(c1=O)C[C@@H]1[C@@H](CO)[C@H](C(=O)N[C@@H](C)c3ccccc3)[C@H]2N1Cc1ccncc1. The van der Waals surface area contributed by atoms with E-state index in [9.17, 15) is 14.7 Å². The van der Waals surface area contributed by atoms with Crippen LogP contribution >= 0.6 is 0 Å². The maximum absolute atomic E-state index is 13.8. The minimum Gasteiger partial charge on any atom is -0.396 e. The molecule has 2 aliphatic rings. The van der Waals surface area contributed by atoms with Crippen molar-refractivity contribution in [3.63, 3.8) is 0 Å². The number of aliphatic hydroxyl groups is 1. The van der Waals surface area contributed by atoms with Gasteiger partial charge in [0.25, 0.3) is 5.56 Å². The van der Waals surface area contributed by atoms with Crippen LogP contribution in [-0.2, 0) is 17.9 Å². The highest BCUT2D eigenvalue weighted by Gasteiger charge is 2.55. The lowest BCUT2D eigenvalue weighted by molar-refractivity contribution is -0.128. The molecule has 7 heteroatoms. The van der Waals surface area contributed by atoms with E-state index in [1.165, 1.54) is 0 Å². The number of rotatable bonds is 7. The van der Waals surface area contributed by atoms with Crippen LogP contribution in [0.25, 0.3) is 6.08 Å². The van der Waals surface area contributed by atoms with Crippen molar-refractivity contribution in [1.82, 2.24) is 19.8 Å². The molecule has 2 N–H and O–H groups in total. The molecular weight excluding hydrogens is 452 g/mol. The van der Waals surface area contributed by atoms with Crippen molar-refractivity contribution < 1.29 is 9.90 Å². The van der Waals surface area contributed by atoms with E-state index in [0.29, 0.717) is 18.7 Å². The minimum atomic E-state index is -0.492. The number of nitrogens with zero attached hydrogens (tertiary/aromatic N) is 3. The molecule has 0 spiro atoms. The lowest BCUT2D eigenvalue weighted by Crippen LogP contribution is -2.46. The van der Waals surface area contributed by atoms with E-state index in [-0.39, 0.29) is 42.1 Å². The zero-order valence-corrected chi connectivity index (χ0v) is 20.6. The molecule has 5 rings (SSSR count). The summed E-state index contributed by atoms with van der Waals surface area (Å²) < 4.78 is 1.81. The van der Waals surface area contributed by atoms with Crippen molar-refractivity contribution in [2.24, 2.45) is 11.8 Å². The van der Waals surface area contributed by atoms with Gasteiger partial charge in [0.1, 0.15) is 0 Å². The smallest absolute Gasteiger partial charge is 0.258 e.